The molecule has 0 N–H and O–H groups in total. The Morgan fingerprint density at radius 1 is 1.22 bits per heavy atom. The highest BCUT2D eigenvalue weighted by molar-refractivity contribution is 5.57. The summed E-state index contributed by atoms with van der Waals surface area (Å²) in [6, 6.07) is 8.17. The third-order valence-electron chi connectivity index (χ3n) is 5.35. The number of nitrogens with zero attached hydrogens (tertiary/aromatic N) is 3. The number of hydrogen-bond donors (Lipinski definition) is 0. The van der Waals surface area contributed by atoms with Gasteiger partial charge >= 0.3 is 0 Å². The lowest BCUT2D eigenvalue weighted by atomic mass is 9.79. The smallest absolute Gasteiger partial charge is 0.263 e. The Morgan fingerprint density at radius 2 is 1.96 bits per heavy atom. The molecule has 1 aliphatic rings. The van der Waals surface area contributed by atoms with Crippen molar-refractivity contribution in [2.45, 2.75) is 25.7 Å². The molecule has 0 spiro atoms. The van der Waals surface area contributed by atoms with Crippen LogP contribution < -0.4 is 5.56 Å². The van der Waals surface area contributed by atoms with Crippen LogP contribution in [0.2, 0.25) is 0 Å². The topological polar surface area (TPSA) is 70.2 Å². The van der Waals surface area contributed by atoms with Crippen LogP contribution in [-0.4, -0.2) is 27.9 Å². The average Bonchev–Trinajstić information content (AvgIpc) is 3.31. The van der Waals surface area contributed by atoms with Gasteiger partial charge < -0.3 is 13.8 Å². The SMILES string of the molecule is Cc1cc(C)n(C)c(=O)c1-c1nc([C@@]2(c3ccc(F)cc3)CCOC2)no1. The Balaban J connectivity index is 1.83. The Kier molecular flexibility index (Phi) is 4.19. The minimum absolute atomic E-state index is 0.179. The van der Waals surface area contributed by atoms with E-state index in [2.05, 4.69) is 10.1 Å². The van der Waals surface area contributed by atoms with Gasteiger partial charge in [0.25, 0.3) is 11.4 Å². The first-order valence-corrected chi connectivity index (χ1v) is 8.78. The molecule has 27 heavy (non-hydrogen) atoms. The van der Waals surface area contributed by atoms with Gasteiger partial charge in [0.2, 0.25) is 0 Å². The molecule has 0 aliphatic carbocycles. The molecule has 1 atom stereocenters. The van der Waals surface area contributed by atoms with Crippen LogP contribution in [-0.2, 0) is 17.2 Å². The zero-order chi connectivity index (χ0) is 19.2. The van der Waals surface area contributed by atoms with E-state index in [9.17, 15) is 9.18 Å². The lowest BCUT2D eigenvalue weighted by molar-refractivity contribution is 0.182. The largest absolute Gasteiger partial charge is 0.380 e. The molecule has 1 aromatic carbocycles. The Morgan fingerprint density at radius 3 is 2.63 bits per heavy atom. The monoisotopic (exact) mass is 369 g/mol. The quantitative estimate of drug-likeness (QED) is 0.710. The van der Waals surface area contributed by atoms with Gasteiger partial charge in [-0.25, -0.2) is 4.39 Å². The minimum atomic E-state index is -0.612. The molecule has 0 radical (unpaired) electrons. The maximum Gasteiger partial charge on any atom is 0.263 e. The molecule has 1 aliphatic heterocycles. The van der Waals surface area contributed by atoms with Crippen molar-refractivity contribution < 1.29 is 13.7 Å². The van der Waals surface area contributed by atoms with E-state index in [1.165, 1.54) is 12.1 Å². The standard InChI is InChI=1S/C20H20FN3O3/c1-12-10-13(2)24(3)18(25)16(12)17-22-19(23-27-17)20(8-9-26-11-20)14-4-6-15(21)7-5-14/h4-7,10H,8-9,11H2,1-3H3/t20-/m0/s1. The highest BCUT2D eigenvalue weighted by atomic mass is 19.1. The van der Waals surface area contributed by atoms with Gasteiger partial charge in [-0.3, -0.25) is 4.79 Å². The van der Waals surface area contributed by atoms with Crippen molar-refractivity contribution in [1.82, 2.24) is 14.7 Å². The molecule has 1 fully saturated rings. The summed E-state index contributed by atoms with van der Waals surface area (Å²) in [5.74, 6) is 0.334. The van der Waals surface area contributed by atoms with E-state index in [0.29, 0.717) is 31.0 Å². The van der Waals surface area contributed by atoms with E-state index in [-0.39, 0.29) is 17.3 Å². The van der Waals surface area contributed by atoms with Crippen LogP contribution in [0, 0.1) is 19.7 Å². The van der Waals surface area contributed by atoms with E-state index in [1.54, 1.807) is 23.7 Å². The second kappa shape index (κ2) is 6.42. The van der Waals surface area contributed by atoms with Gasteiger partial charge in [-0.2, -0.15) is 4.98 Å². The first kappa shape index (κ1) is 17.6. The van der Waals surface area contributed by atoms with Crippen LogP contribution in [0.1, 0.15) is 29.1 Å². The Labute approximate surface area is 155 Å². The summed E-state index contributed by atoms with van der Waals surface area (Å²) in [6.45, 7) is 4.65. The molecule has 4 rings (SSSR count). The molecule has 7 heteroatoms. The number of rotatable bonds is 3. The minimum Gasteiger partial charge on any atom is -0.380 e. The van der Waals surface area contributed by atoms with Crippen LogP contribution in [0.15, 0.2) is 39.6 Å². The fourth-order valence-corrected chi connectivity index (χ4v) is 3.63. The molecule has 0 saturated carbocycles. The molecular formula is C20H20FN3O3. The van der Waals surface area contributed by atoms with E-state index >= 15 is 0 Å². The Bertz CT molecular complexity index is 1050. The number of pyridine rings is 1. The van der Waals surface area contributed by atoms with Crippen molar-refractivity contribution in [1.29, 1.82) is 0 Å². The Hall–Kier alpha value is -2.80. The molecule has 6 nitrogen and oxygen atoms in total. The first-order chi connectivity index (χ1) is 12.9. The molecule has 1 saturated heterocycles. The molecule has 0 bridgehead atoms. The third kappa shape index (κ3) is 2.78. The molecule has 140 valence electrons. The highest BCUT2D eigenvalue weighted by Gasteiger charge is 2.43. The van der Waals surface area contributed by atoms with Gasteiger partial charge in [-0.15, -0.1) is 0 Å². The van der Waals surface area contributed by atoms with Gasteiger partial charge in [0.1, 0.15) is 11.4 Å². The molecule has 0 unspecified atom stereocenters. The number of aromatic nitrogens is 3. The second-order valence-electron chi connectivity index (χ2n) is 7.02. The van der Waals surface area contributed by atoms with E-state index in [1.807, 2.05) is 19.9 Å². The lowest BCUT2D eigenvalue weighted by Gasteiger charge is -2.23. The van der Waals surface area contributed by atoms with Crippen molar-refractivity contribution in [3.63, 3.8) is 0 Å². The summed E-state index contributed by atoms with van der Waals surface area (Å²) in [4.78, 5) is 17.3. The van der Waals surface area contributed by atoms with Crippen LogP contribution in [0.5, 0.6) is 0 Å². The molecule has 0 amide bonds. The second-order valence-corrected chi connectivity index (χ2v) is 7.02. The van der Waals surface area contributed by atoms with Crippen molar-refractivity contribution in [3.05, 3.63) is 69.1 Å². The molecule has 3 aromatic rings. The van der Waals surface area contributed by atoms with Gasteiger partial charge in [0.15, 0.2) is 5.82 Å². The highest BCUT2D eigenvalue weighted by Crippen LogP contribution is 2.39. The van der Waals surface area contributed by atoms with Crippen LogP contribution in [0.25, 0.3) is 11.5 Å². The van der Waals surface area contributed by atoms with Gasteiger partial charge in [-0.1, -0.05) is 17.3 Å². The fraction of sp³-hybridized carbons (Fsp3) is 0.350. The summed E-state index contributed by atoms with van der Waals surface area (Å²) in [6.07, 6.45) is 0.655. The summed E-state index contributed by atoms with van der Waals surface area (Å²) >= 11 is 0. The maximum absolute atomic E-state index is 13.4. The predicted octanol–water partition coefficient (Wildman–Crippen LogP) is 2.90. The van der Waals surface area contributed by atoms with E-state index in [4.69, 9.17) is 9.26 Å². The number of ether oxygens (including phenoxy) is 1. The number of hydrogen-bond acceptors (Lipinski definition) is 5. The van der Waals surface area contributed by atoms with Gasteiger partial charge in [0, 0.05) is 19.3 Å². The number of halogens is 1. The summed E-state index contributed by atoms with van der Waals surface area (Å²) in [5, 5.41) is 4.17. The predicted molar refractivity (Wildman–Crippen MR) is 97.1 cm³/mol. The third-order valence-corrected chi connectivity index (χ3v) is 5.35. The zero-order valence-electron chi connectivity index (χ0n) is 15.5. The van der Waals surface area contributed by atoms with Crippen molar-refractivity contribution in [2.75, 3.05) is 13.2 Å². The van der Waals surface area contributed by atoms with Crippen molar-refractivity contribution in [3.8, 4) is 11.5 Å². The van der Waals surface area contributed by atoms with Crippen LogP contribution >= 0.6 is 0 Å². The molecule has 3 heterocycles. The van der Waals surface area contributed by atoms with Crippen LogP contribution in [0.3, 0.4) is 0 Å². The first-order valence-electron chi connectivity index (χ1n) is 8.78. The van der Waals surface area contributed by atoms with E-state index in [0.717, 1.165) is 16.8 Å². The number of benzene rings is 1. The van der Waals surface area contributed by atoms with Crippen LogP contribution in [0.4, 0.5) is 4.39 Å². The maximum atomic E-state index is 13.4. The van der Waals surface area contributed by atoms with Crippen molar-refractivity contribution in [2.24, 2.45) is 7.05 Å². The lowest BCUT2D eigenvalue weighted by Crippen LogP contribution is -2.29. The van der Waals surface area contributed by atoms with Gasteiger partial charge in [0.05, 0.1) is 12.0 Å². The summed E-state index contributed by atoms with van der Waals surface area (Å²) < 4.78 is 26.0. The average molecular weight is 369 g/mol. The van der Waals surface area contributed by atoms with E-state index < -0.39 is 5.41 Å². The van der Waals surface area contributed by atoms with Crippen molar-refractivity contribution >= 4 is 0 Å². The zero-order valence-corrected chi connectivity index (χ0v) is 15.5. The molecular weight excluding hydrogens is 349 g/mol. The summed E-state index contributed by atoms with van der Waals surface area (Å²) in [7, 11) is 1.71. The summed E-state index contributed by atoms with van der Waals surface area (Å²) in [5.41, 5.74) is 2.11. The van der Waals surface area contributed by atoms with Gasteiger partial charge in [-0.05, 0) is 49.6 Å². The number of aryl methyl sites for hydroxylation is 2. The molecule has 2 aromatic heterocycles. The normalized spacial score (nSPS) is 19.6. The fourth-order valence-electron chi connectivity index (χ4n) is 3.63.